The number of imide groups is 2. The maximum Gasteiger partial charge on any atom is 0.334 e. The molecule has 28 heavy (non-hydrogen) atoms. The van der Waals surface area contributed by atoms with Crippen molar-refractivity contribution in [1.82, 2.24) is 9.80 Å². The quantitative estimate of drug-likeness (QED) is 0.537. The van der Waals surface area contributed by atoms with Gasteiger partial charge in [-0.2, -0.15) is 0 Å². The number of barbiturate groups is 1. The number of hydrogen-bond donors (Lipinski definition) is 1. The number of urea groups is 1. The number of carbonyl (C=O) groups is 5. The van der Waals surface area contributed by atoms with Crippen molar-refractivity contribution in [3.05, 3.63) is 48.0 Å². The zero-order chi connectivity index (χ0) is 20.8. The van der Waals surface area contributed by atoms with Crippen molar-refractivity contribution in [2.45, 2.75) is 32.7 Å². The van der Waals surface area contributed by atoms with Gasteiger partial charge in [0.1, 0.15) is 6.04 Å². The third-order valence-corrected chi connectivity index (χ3v) is 4.37. The molecule has 0 aliphatic carbocycles. The van der Waals surface area contributed by atoms with Crippen LogP contribution in [0.3, 0.4) is 0 Å². The van der Waals surface area contributed by atoms with Gasteiger partial charge in [-0.15, -0.1) is 0 Å². The summed E-state index contributed by atoms with van der Waals surface area (Å²) in [4.78, 5) is 63.9. The first-order valence-corrected chi connectivity index (χ1v) is 8.95. The second kappa shape index (κ2) is 9.07. The number of benzene rings is 1. The molecule has 2 unspecified atom stereocenters. The fourth-order valence-corrected chi connectivity index (χ4v) is 3.07. The van der Waals surface area contributed by atoms with Crippen LogP contribution in [-0.2, 0) is 25.6 Å². The molecule has 1 saturated heterocycles. The second-order valence-corrected chi connectivity index (χ2v) is 6.36. The normalized spacial score (nSPS) is 18.6. The third-order valence-electron chi connectivity index (χ3n) is 4.37. The zero-order valence-corrected chi connectivity index (χ0v) is 15.7. The summed E-state index contributed by atoms with van der Waals surface area (Å²) in [5.74, 6) is -5.94. The van der Waals surface area contributed by atoms with Crippen molar-refractivity contribution in [2.24, 2.45) is 5.92 Å². The molecular weight excluding hydrogens is 364 g/mol. The Hall–Kier alpha value is -3.29. The Morgan fingerprint density at radius 1 is 1.14 bits per heavy atom. The molecule has 2 rings (SSSR count). The van der Waals surface area contributed by atoms with Gasteiger partial charge in [0, 0.05) is 13.0 Å². The molecule has 1 aromatic carbocycles. The molecule has 1 aliphatic heterocycles. The SMILES string of the molecule is C/C=C/C(=O)C1C(=O)N(CCC)C(=O)N(C(Cc2ccccc2)C(=O)O)C1=O. The molecular formula is C20H22N2O6. The van der Waals surface area contributed by atoms with Gasteiger partial charge >= 0.3 is 12.0 Å². The molecule has 0 bridgehead atoms. The van der Waals surface area contributed by atoms with Crippen LogP contribution in [0.4, 0.5) is 4.79 Å². The molecule has 148 valence electrons. The van der Waals surface area contributed by atoms with Gasteiger partial charge in [-0.1, -0.05) is 43.3 Å². The summed E-state index contributed by atoms with van der Waals surface area (Å²) in [5.41, 5.74) is 0.603. The number of carbonyl (C=O) groups excluding carboxylic acids is 4. The fourth-order valence-electron chi connectivity index (χ4n) is 3.07. The van der Waals surface area contributed by atoms with Gasteiger partial charge in [0.05, 0.1) is 0 Å². The molecule has 8 heteroatoms. The Labute approximate surface area is 162 Å². The van der Waals surface area contributed by atoms with E-state index in [1.54, 1.807) is 44.2 Å². The van der Waals surface area contributed by atoms with E-state index in [2.05, 4.69) is 0 Å². The lowest BCUT2D eigenvalue weighted by Crippen LogP contribution is -2.65. The van der Waals surface area contributed by atoms with Crippen LogP contribution >= 0.6 is 0 Å². The maximum atomic E-state index is 12.9. The van der Waals surface area contributed by atoms with Crippen molar-refractivity contribution in [3.63, 3.8) is 0 Å². The first-order chi connectivity index (χ1) is 13.3. The van der Waals surface area contributed by atoms with Crippen molar-refractivity contribution in [2.75, 3.05) is 6.54 Å². The van der Waals surface area contributed by atoms with Crippen LogP contribution in [0.5, 0.6) is 0 Å². The van der Waals surface area contributed by atoms with E-state index in [0.717, 1.165) is 11.0 Å². The lowest BCUT2D eigenvalue weighted by molar-refractivity contribution is -0.159. The number of carboxylic acids is 1. The summed E-state index contributed by atoms with van der Waals surface area (Å²) >= 11 is 0. The summed E-state index contributed by atoms with van der Waals surface area (Å²) in [6, 6.07) is 5.97. The molecule has 1 aliphatic rings. The summed E-state index contributed by atoms with van der Waals surface area (Å²) < 4.78 is 0. The van der Waals surface area contributed by atoms with Crippen LogP contribution in [0.2, 0.25) is 0 Å². The Kier molecular flexibility index (Phi) is 6.81. The van der Waals surface area contributed by atoms with Crippen LogP contribution in [0, 0.1) is 5.92 Å². The number of rotatable bonds is 8. The standard InChI is InChI=1S/C20H22N2O6/c1-3-8-15(23)16-17(24)21(11-4-2)20(28)22(18(16)25)14(19(26)27)12-13-9-6-5-7-10-13/h3,5-10,14,16H,4,11-12H2,1-2H3,(H,26,27)/b8-3+. The van der Waals surface area contributed by atoms with Crippen LogP contribution < -0.4 is 0 Å². The Morgan fingerprint density at radius 3 is 2.32 bits per heavy atom. The predicted molar refractivity (Wildman–Crippen MR) is 99.1 cm³/mol. The number of allylic oxidation sites excluding steroid dienone is 2. The van der Waals surface area contributed by atoms with Crippen LogP contribution in [0.15, 0.2) is 42.5 Å². The first kappa shape index (κ1) is 21.0. The van der Waals surface area contributed by atoms with Crippen molar-refractivity contribution < 1.29 is 29.1 Å². The van der Waals surface area contributed by atoms with Gasteiger partial charge in [0.15, 0.2) is 11.7 Å². The Morgan fingerprint density at radius 2 is 1.79 bits per heavy atom. The largest absolute Gasteiger partial charge is 0.480 e. The second-order valence-electron chi connectivity index (χ2n) is 6.36. The molecule has 0 radical (unpaired) electrons. The van der Waals surface area contributed by atoms with Gasteiger partial charge in [-0.05, 0) is 25.0 Å². The maximum absolute atomic E-state index is 12.9. The minimum absolute atomic E-state index is 0.0151. The van der Waals surface area contributed by atoms with Gasteiger partial charge < -0.3 is 5.11 Å². The van der Waals surface area contributed by atoms with E-state index < -0.39 is 41.6 Å². The van der Waals surface area contributed by atoms with E-state index in [1.165, 1.54) is 6.08 Å². The first-order valence-electron chi connectivity index (χ1n) is 8.95. The van der Waals surface area contributed by atoms with Crippen molar-refractivity contribution in [1.29, 1.82) is 0 Å². The van der Waals surface area contributed by atoms with Crippen molar-refractivity contribution in [3.8, 4) is 0 Å². The molecule has 0 saturated carbocycles. The van der Waals surface area contributed by atoms with Gasteiger partial charge in [0.25, 0.3) is 11.8 Å². The molecule has 1 aromatic rings. The fraction of sp³-hybridized carbons (Fsp3) is 0.350. The average Bonchev–Trinajstić information content (AvgIpc) is 2.65. The summed E-state index contributed by atoms with van der Waals surface area (Å²) in [7, 11) is 0. The molecule has 1 fully saturated rings. The van der Waals surface area contributed by atoms with Crippen LogP contribution in [0.25, 0.3) is 0 Å². The Bertz CT molecular complexity index is 817. The van der Waals surface area contributed by atoms with Gasteiger partial charge in [-0.25, -0.2) is 14.5 Å². The number of aliphatic carboxylic acids is 1. The number of hydrogen-bond acceptors (Lipinski definition) is 5. The highest BCUT2D eigenvalue weighted by molar-refractivity contribution is 6.29. The zero-order valence-electron chi connectivity index (χ0n) is 15.7. The van der Waals surface area contributed by atoms with E-state index in [9.17, 15) is 29.1 Å². The van der Waals surface area contributed by atoms with Crippen molar-refractivity contribution >= 4 is 29.6 Å². The van der Waals surface area contributed by atoms with E-state index in [-0.39, 0.29) is 13.0 Å². The smallest absolute Gasteiger partial charge is 0.334 e. The summed E-state index contributed by atoms with van der Waals surface area (Å²) in [6.45, 7) is 3.26. The number of ketones is 1. The average molecular weight is 386 g/mol. The van der Waals surface area contributed by atoms with Gasteiger partial charge in [-0.3, -0.25) is 19.3 Å². The summed E-state index contributed by atoms with van der Waals surface area (Å²) in [6.07, 6.45) is 2.73. The minimum Gasteiger partial charge on any atom is -0.480 e. The molecule has 4 amide bonds. The highest BCUT2D eigenvalue weighted by atomic mass is 16.4. The number of carboxylic acid groups (broad SMARTS) is 1. The molecule has 2 atom stereocenters. The highest BCUT2D eigenvalue weighted by Gasteiger charge is 2.51. The number of amides is 4. The monoisotopic (exact) mass is 386 g/mol. The topological polar surface area (TPSA) is 112 Å². The van der Waals surface area contributed by atoms with E-state index >= 15 is 0 Å². The lowest BCUT2D eigenvalue weighted by atomic mass is 9.95. The van der Waals surface area contributed by atoms with Crippen LogP contribution in [-0.4, -0.2) is 57.1 Å². The molecule has 1 N–H and O–H groups in total. The van der Waals surface area contributed by atoms with E-state index in [4.69, 9.17) is 0 Å². The minimum atomic E-state index is -1.75. The van der Waals surface area contributed by atoms with Crippen LogP contribution in [0.1, 0.15) is 25.8 Å². The third kappa shape index (κ3) is 4.16. The number of nitrogens with zero attached hydrogens (tertiary/aromatic N) is 2. The molecule has 8 nitrogen and oxygen atoms in total. The lowest BCUT2D eigenvalue weighted by Gasteiger charge is -2.38. The molecule has 1 heterocycles. The predicted octanol–water partition coefficient (Wildman–Crippen LogP) is 1.64. The van der Waals surface area contributed by atoms with Gasteiger partial charge in [0.2, 0.25) is 0 Å². The molecule has 0 spiro atoms. The van der Waals surface area contributed by atoms with E-state index in [0.29, 0.717) is 16.9 Å². The Balaban J connectivity index is 2.48. The highest BCUT2D eigenvalue weighted by Crippen LogP contribution is 2.24. The molecule has 0 aromatic heterocycles. The van der Waals surface area contributed by atoms with E-state index in [1.807, 2.05) is 0 Å². The summed E-state index contributed by atoms with van der Waals surface area (Å²) in [5, 5.41) is 9.68.